The van der Waals surface area contributed by atoms with Gasteiger partial charge >= 0.3 is 0 Å². The largest absolute Gasteiger partial charge is 0.327 e. The van der Waals surface area contributed by atoms with Crippen LogP contribution >= 0.6 is 28.3 Å². The van der Waals surface area contributed by atoms with E-state index in [2.05, 4.69) is 15.9 Å². The zero-order valence-corrected chi connectivity index (χ0v) is 8.74. The molecule has 1 aromatic carbocycles. The van der Waals surface area contributed by atoms with Gasteiger partial charge in [-0.2, -0.15) is 0 Å². The van der Waals surface area contributed by atoms with Crippen LogP contribution in [0.4, 0.5) is 4.39 Å². The summed E-state index contributed by atoms with van der Waals surface area (Å²) in [4.78, 5) is 0. The summed E-state index contributed by atoms with van der Waals surface area (Å²) in [6.07, 6.45) is -1.05. The molecule has 0 spiro atoms. The van der Waals surface area contributed by atoms with Gasteiger partial charge in [-0.15, -0.1) is 12.4 Å². The summed E-state index contributed by atoms with van der Waals surface area (Å²) in [7, 11) is 0. The summed E-state index contributed by atoms with van der Waals surface area (Å²) >= 11 is 3.25. The van der Waals surface area contributed by atoms with Crippen LogP contribution in [0, 0.1) is 0 Å². The first kappa shape index (κ1) is 11.9. The zero-order chi connectivity index (χ0) is 8.27. The topological polar surface area (TPSA) is 26.0 Å². The van der Waals surface area contributed by atoms with E-state index in [1.807, 2.05) is 6.07 Å². The van der Waals surface area contributed by atoms with Gasteiger partial charge in [0.2, 0.25) is 0 Å². The van der Waals surface area contributed by atoms with Gasteiger partial charge in [-0.1, -0.05) is 28.1 Å². The van der Waals surface area contributed by atoms with Crippen molar-refractivity contribution in [3.8, 4) is 0 Å². The van der Waals surface area contributed by atoms with Gasteiger partial charge in [-0.3, -0.25) is 0 Å². The predicted molar refractivity (Wildman–Crippen MR) is 54.3 cm³/mol. The smallest absolute Gasteiger partial charge is 0.137 e. The molecule has 0 saturated heterocycles. The van der Waals surface area contributed by atoms with Gasteiger partial charge in [0.25, 0.3) is 0 Å². The quantitative estimate of drug-likeness (QED) is 0.863. The van der Waals surface area contributed by atoms with E-state index in [1.54, 1.807) is 18.2 Å². The van der Waals surface area contributed by atoms with Crippen molar-refractivity contribution in [1.82, 2.24) is 0 Å². The summed E-state index contributed by atoms with van der Waals surface area (Å²) in [6.45, 7) is 0.0381. The fourth-order valence-electron chi connectivity index (χ4n) is 0.838. The molecular weight excluding hydrogens is 244 g/mol. The van der Waals surface area contributed by atoms with Crippen molar-refractivity contribution in [3.63, 3.8) is 0 Å². The Hall–Kier alpha value is -0.120. The first-order chi connectivity index (χ1) is 5.24. The SMILES string of the molecule is Cl.NCC(F)c1cccc(Br)c1. The molecule has 0 aromatic heterocycles. The van der Waals surface area contributed by atoms with Crippen molar-refractivity contribution >= 4 is 28.3 Å². The normalized spacial score (nSPS) is 11.9. The number of alkyl halides is 1. The maximum atomic E-state index is 12.9. The Morgan fingerprint density at radius 3 is 2.67 bits per heavy atom. The number of hydrogen-bond donors (Lipinski definition) is 1. The van der Waals surface area contributed by atoms with Crippen molar-refractivity contribution in [3.05, 3.63) is 34.3 Å². The molecule has 1 atom stereocenters. The molecule has 0 amide bonds. The first-order valence-electron chi connectivity index (χ1n) is 3.33. The molecule has 0 saturated carbocycles. The second-order valence-corrected chi connectivity index (χ2v) is 3.17. The highest BCUT2D eigenvalue weighted by atomic mass is 79.9. The van der Waals surface area contributed by atoms with Gasteiger partial charge in [0.1, 0.15) is 6.17 Å². The van der Waals surface area contributed by atoms with Crippen LogP contribution in [0.25, 0.3) is 0 Å². The molecule has 0 fully saturated rings. The van der Waals surface area contributed by atoms with Gasteiger partial charge in [0.05, 0.1) is 0 Å². The number of halogens is 3. The van der Waals surface area contributed by atoms with Crippen molar-refractivity contribution in [1.29, 1.82) is 0 Å². The summed E-state index contributed by atoms with van der Waals surface area (Å²) in [6, 6.07) is 7.11. The summed E-state index contributed by atoms with van der Waals surface area (Å²) in [5, 5.41) is 0. The molecule has 1 nitrogen and oxygen atoms in total. The van der Waals surface area contributed by atoms with Crippen LogP contribution in [0.15, 0.2) is 28.7 Å². The van der Waals surface area contributed by atoms with Gasteiger partial charge in [0.15, 0.2) is 0 Å². The Bertz CT molecular complexity index is 244. The third-order valence-electron chi connectivity index (χ3n) is 1.42. The molecule has 1 unspecified atom stereocenters. The van der Waals surface area contributed by atoms with Gasteiger partial charge < -0.3 is 5.73 Å². The van der Waals surface area contributed by atoms with E-state index in [1.165, 1.54) is 0 Å². The minimum absolute atomic E-state index is 0. The maximum absolute atomic E-state index is 12.9. The standard InChI is InChI=1S/C8H9BrFN.ClH/c9-7-3-1-2-6(4-7)8(10)5-11;/h1-4,8H,5,11H2;1H. The van der Waals surface area contributed by atoms with E-state index >= 15 is 0 Å². The molecule has 0 bridgehead atoms. The van der Waals surface area contributed by atoms with Crippen LogP contribution in [0.3, 0.4) is 0 Å². The van der Waals surface area contributed by atoms with E-state index in [0.717, 1.165) is 4.47 Å². The van der Waals surface area contributed by atoms with E-state index in [4.69, 9.17) is 5.73 Å². The maximum Gasteiger partial charge on any atom is 0.137 e. The molecule has 68 valence electrons. The molecule has 4 heteroatoms. The second kappa shape index (κ2) is 5.51. The van der Waals surface area contributed by atoms with Crippen LogP contribution in [0.2, 0.25) is 0 Å². The molecule has 0 radical (unpaired) electrons. The Morgan fingerprint density at radius 1 is 1.50 bits per heavy atom. The molecule has 1 rings (SSSR count). The molecule has 0 aliphatic carbocycles. The Balaban J connectivity index is 0.00000121. The molecule has 0 heterocycles. The Labute approximate surface area is 85.7 Å². The van der Waals surface area contributed by atoms with E-state index in [9.17, 15) is 4.39 Å². The third kappa shape index (κ3) is 3.09. The van der Waals surface area contributed by atoms with Crippen molar-refractivity contribution in [2.24, 2.45) is 5.73 Å². The van der Waals surface area contributed by atoms with Gasteiger partial charge in [-0.25, -0.2) is 4.39 Å². The molecule has 2 N–H and O–H groups in total. The van der Waals surface area contributed by atoms with Gasteiger partial charge in [-0.05, 0) is 17.7 Å². The summed E-state index contributed by atoms with van der Waals surface area (Å²) < 4.78 is 13.8. The van der Waals surface area contributed by atoms with Crippen LogP contribution in [0.1, 0.15) is 11.7 Å². The van der Waals surface area contributed by atoms with Crippen molar-refractivity contribution < 1.29 is 4.39 Å². The summed E-state index contributed by atoms with van der Waals surface area (Å²) in [5.74, 6) is 0. The average molecular weight is 255 g/mol. The molecule has 12 heavy (non-hydrogen) atoms. The van der Waals surface area contributed by atoms with Crippen molar-refractivity contribution in [2.45, 2.75) is 6.17 Å². The van der Waals surface area contributed by atoms with E-state index in [0.29, 0.717) is 5.56 Å². The minimum atomic E-state index is -1.05. The number of nitrogens with two attached hydrogens (primary N) is 1. The molecule has 0 aliphatic heterocycles. The minimum Gasteiger partial charge on any atom is -0.327 e. The highest BCUT2D eigenvalue weighted by Crippen LogP contribution is 2.19. The number of rotatable bonds is 2. The average Bonchev–Trinajstić information content (AvgIpc) is 2.03. The number of benzene rings is 1. The monoisotopic (exact) mass is 253 g/mol. The predicted octanol–water partition coefficient (Wildman–Crippen LogP) is 2.84. The lowest BCUT2D eigenvalue weighted by molar-refractivity contribution is 0.353. The fourth-order valence-corrected chi connectivity index (χ4v) is 1.25. The molecular formula is C8H10BrClFN. The van der Waals surface area contributed by atoms with Crippen LogP contribution in [-0.2, 0) is 0 Å². The lowest BCUT2D eigenvalue weighted by Gasteiger charge is -2.04. The van der Waals surface area contributed by atoms with Crippen LogP contribution < -0.4 is 5.73 Å². The molecule has 1 aromatic rings. The summed E-state index contributed by atoms with van der Waals surface area (Å²) in [5.41, 5.74) is 5.79. The van der Waals surface area contributed by atoms with Crippen LogP contribution in [-0.4, -0.2) is 6.54 Å². The van der Waals surface area contributed by atoms with E-state index < -0.39 is 6.17 Å². The Kier molecular flexibility index (Phi) is 5.46. The van der Waals surface area contributed by atoms with Crippen LogP contribution in [0.5, 0.6) is 0 Å². The lowest BCUT2D eigenvalue weighted by atomic mass is 10.1. The first-order valence-corrected chi connectivity index (χ1v) is 4.13. The number of hydrogen-bond acceptors (Lipinski definition) is 1. The lowest BCUT2D eigenvalue weighted by Crippen LogP contribution is -2.07. The van der Waals surface area contributed by atoms with Gasteiger partial charge in [0, 0.05) is 11.0 Å². The van der Waals surface area contributed by atoms with E-state index in [-0.39, 0.29) is 19.0 Å². The second-order valence-electron chi connectivity index (χ2n) is 2.26. The highest BCUT2D eigenvalue weighted by molar-refractivity contribution is 9.10. The molecule has 0 aliphatic rings. The highest BCUT2D eigenvalue weighted by Gasteiger charge is 2.05. The third-order valence-corrected chi connectivity index (χ3v) is 1.91. The zero-order valence-electron chi connectivity index (χ0n) is 6.34. The van der Waals surface area contributed by atoms with Crippen molar-refractivity contribution in [2.75, 3.05) is 6.54 Å². The Morgan fingerprint density at radius 2 is 2.17 bits per heavy atom. The fraction of sp³-hybridized carbons (Fsp3) is 0.250.